The van der Waals surface area contributed by atoms with Gasteiger partial charge in [-0.2, -0.15) is 4.98 Å². The second-order valence-electron chi connectivity index (χ2n) is 4.99. The van der Waals surface area contributed by atoms with Crippen LogP contribution in [0.4, 0.5) is 0 Å². The summed E-state index contributed by atoms with van der Waals surface area (Å²) in [5, 5.41) is 2.79. The van der Waals surface area contributed by atoms with Crippen LogP contribution < -0.4 is 10.1 Å². The second kappa shape index (κ2) is 5.89. The van der Waals surface area contributed by atoms with Gasteiger partial charge in [0.15, 0.2) is 6.10 Å². The third-order valence-electron chi connectivity index (χ3n) is 1.98. The molecule has 1 heterocycles. The minimum atomic E-state index is -0.521. The summed E-state index contributed by atoms with van der Waals surface area (Å²) in [6, 6.07) is 0. The summed E-state index contributed by atoms with van der Waals surface area (Å²) in [6.45, 7) is 7.27. The number of nitrogens with one attached hydrogen (secondary N) is 1. The maximum atomic E-state index is 12.1. The zero-order chi connectivity index (χ0) is 14.6. The van der Waals surface area contributed by atoms with Crippen molar-refractivity contribution in [2.75, 3.05) is 0 Å². The van der Waals surface area contributed by atoms with Gasteiger partial charge >= 0.3 is 0 Å². The Bertz CT molecular complexity index is 518. The highest BCUT2D eigenvalue weighted by molar-refractivity contribution is 6.28. The second-order valence-corrected chi connectivity index (χ2v) is 5.33. The Kier molecular flexibility index (Phi) is 4.73. The molecule has 1 rings (SSSR count). The molecule has 0 aliphatic heterocycles. The largest absolute Gasteiger partial charge is 0.461 e. The molecule has 19 heavy (non-hydrogen) atoms. The lowest BCUT2D eigenvalue weighted by Crippen LogP contribution is -2.41. The van der Waals surface area contributed by atoms with E-state index in [0.717, 1.165) is 0 Å². The van der Waals surface area contributed by atoms with Gasteiger partial charge in [-0.15, -0.1) is 6.42 Å². The highest BCUT2D eigenvalue weighted by atomic mass is 35.5. The van der Waals surface area contributed by atoms with E-state index in [1.807, 2.05) is 20.8 Å². The average Bonchev–Trinajstić information content (AvgIpc) is 2.26. The molecule has 0 spiro atoms. The molecule has 1 aromatic rings. The van der Waals surface area contributed by atoms with Crippen molar-refractivity contribution in [2.24, 2.45) is 0 Å². The monoisotopic (exact) mass is 281 g/mol. The molecule has 5 nitrogen and oxygen atoms in total. The van der Waals surface area contributed by atoms with Gasteiger partial charge in [-0.25, -0.2) is 4.98 Å². The first-order chi connectivity index (χ1) is 8.73. The molecule has 1 unspecified atom stereocenters. The van der Waals surface area contributed by atoms with Gasteiger partial charge < -0.3 is 10.1 Å². The Labute approximate surface area is 117 Å². The maximum Gasteiger partial charge on any atom is 0.258 e. The van der Waals surface area contributed by atoms with E-state index in [1.54, 1.807) is 6.92 Å². The quantitative estimate of drug-likeness (QED) is 0.680. The number of aromatic nitrogens is 2. The number of hydrogen-bond acceptors (Lipinski definition) is 4. The molecular formula is C13H16ClN3O2. The number of carbonyl (C=O) groups excluding carboxylic acids is 1. The predicted octanol–water partition coefficient (Wildman–Crippen LogP) is 2.06. The van der Waals surface area contributed by atoms with Crippen LogP contribution >= 0.6 is 11.6 Å². The van der Waals surface area contributed by atoms with Crippen molar-refractivity contribution in [3.8, 4) is 18.2 Å². The normalized spacial score (nSPS) is 12.4. The van der Waals surface area contributed by atoms with E-state index in [-0.39, 0.29) is 28.2 Å². The van der Waals surface area contributed by atoms with Crippen molar-refractivity contribution in [2.45, 2.75) is 39.3 Å². The Morgan fingerprint density at radius 2 is 2.21 bits per heavy atom. The lowest BCUT2D eigenvalue weighted by Gasteiger charge is -2.21. The lowest BCUT2D eigenvalue weighted by atomic mass is 10.1. The van der Waals surface area contributed by atoms with Crippen LogP contribution in [0.5, 0.6) is 5.88 Å². The van der Waals surface area contributed by atoms with Crippen molar-refractivity contribution in [3.05, 3.63) is 17.0 Å². The van der Waals surface area contributed by atoms with Crippen LogP contribution in [-0.4, -0.2) is 27.5 Å². The first-order valence-corrected chi connectivity index (χ1v) is 6.08. The fourth-order valence-corrected chi connectivity index (χ4v) is 1.33. The number of rotatable bonds is 3. The van der Waals surface area contributed by atoms with Gasteiger partial charge in [0.1, 0.15) is 5.56 Å². The molecule has 0 bridgehead atoms. The number of amides is 1. The van der Waals surface area contributed by atoms with E-state index in [0.29, 0.717) is 0 Å². The molecule has 102 valence electrons. The van der Waals surface area contributed by atoms with E-state index >= 15 is 0 Å². The van der Waals surface area contributed by atoms with Gasteiger partial charge in [-0.3, -0.25) is 4.79 Å². The minimum Gasteiger partial charge on any atom is -0.461 e. The van der Waals surface area contributed by atoms with Crippen molar-refractivity contribution in [3.63, 3.8) is 0 Å². The highest BCUT2D eigenvalue weighted by Crippen LogP contribution is 2.19. The van der Waals surface area contributed by atoms with Gasteiger partial charge in [-0.05, 0) is 39.3 Å². The standard InChI is InChI=1S/C13H16ClN3O2/c1-6-8(2)19-11-9(7-15-12(14)16-11)10(18)17-13(3,4)5/h1,7-8H,2-5H3,(H,17,18). The van der Waals surface area contributed by atoms with E-state index in [9.17, 15) is 4.79 Å². The van der Waals surface area contributed by atoms with Crippen LogP contribution in [0.25, 0.3) is 0 Å². The van der Waals surface area contributed by atoms with Gasteiger partial charge in [0.25, 0.3) is 5.91 Å². The smallest absolute Gasteiger partial charge is 0.258 e. The van der Waals surface area contributed by atoms with Crippen molar-refractivity contribution in [1.82, 2.24) is 15.3 Å². The summed E-state index contributed by atoms with van der Waals surface area (Å²) in [4.78, 5) is 19.8. The third kappa shape index (κ3) is 4.76. The van der Waals surface area contributed by atoms with Gasteiger partial charge in [0.05, 0.1) is 0 Å². The topological polar surface area (TPSA) is 64.1 Å². The highest BCUT2D eigenvalue weighted by Gasteiger charge is 2.21. The zero-order valence-electron chi connectivity index (χ0n) is 11.3. The molecule has 0 saturated heterocycles. The van der Waals surface area contributed by atoms with Crippen molar-refractivity contribution < 1.29 is 9.53 Å². The van der Waals surface area contributed by atoms with Gasteiger partial charge in [0.2, 0.25) is 11.2 Å². The molecule has 0 fully saturated rings. The van der Waals surface area contributed by atoms with Crippen LogP contribution in [0.2, 0.25) is 5.28 Å². The molecule has 0 aliphatic carbocycles. The summed E-state index contributed by atoms with van der Waals surface area (Å²) < 4.78 is 5.38. The predicted molar refractivity (Wildman–Crippen MR) is 73.2 cm³/mol. The fourth-order valence-electron chi connectivity index (χ4n) is 1.20. The number of ether oxygens (including phenoxy) is 1. The zero-order valence-corrected chi connectivity index (χ0v) is 12.1. The van der Waals surface area contributed by atoms with Gasteiger partial charge in [-0.1, -0.05) is 5.92 Å². The van der Waals surface area contributed by atoms with Crippen molar-refractivity contribution in [1.29, 1.82) is 0 Å². The lowest BCUT2D eigenvalue weighted by molar-refractivity contribution is 0.0913. The van der Waals surface area contributed by atoms with E-state index in [2.05, 4.69) is 21.2 Å². The molecule has 1 amide bonds. The number of carbonyl (C=O) groups is 1. The molecule has 0 aliphatic rings. The number of nitrogens with zero attached hydrogens (tertiary/aromatic N) is 2. The first kappa shape index (κ1) is 15.3. The van der Waals surface area contributed by atoms with Crippen LogP contribution in [0.1, 0.15) is 38.1 Å². The Hall–Kier alpha value is -1.80. The molecule has 1 aromatic heterocycles. The Balaban J connectivity index is 3.06. The third-order valence-corrected chi connectivity index (χ3v) is 2.16. The van der Waals surface area contributed by atoms with Crippen LogP contribution in [-0.2, 0) is 0 Å². The summed E-state index contributed by atoms with van der Waals surface area (Å²) in [7, 11) is 0. The average molecular weight is 282 g/mol. The summed E-state index contributed by atoms with van der Waals surface area (Å²) >= 11 is 5.70. The van der Waals surface area contributed by atoms with Crippen molar-refractivity contribution >= 4 is 17.5 Å². The Morgan fingerprint density at radius 3 is 2.74 bits per heavy atom. The van der Waals surface area contributed by atoms with Crippen LogP contribution in [0.3, 0.4) is 0 Å². The Morgan fingerprint density at radius 1 is 1.58 bits per heavy atom. The summed E-state index contributed by atoms with van der Waals surface area (Å²) in [5.74, 6) is 2.12. The molecule has 6 heteroatoms. The SMILES string of the molecule is C#CC(C)Oc1nc(Cl)ncc1C(=O)NC(C)(C)C. The first-order valence-electron chi connectivity index (χ1n) is 5.71. The van der Waals surface area contributed by atoms with E-state index < -0.39 is 6.10 Å². The van der Waals surface area contributed by atoms with E-state index in [1.165, 1.54) is 6.20 Å². The van der Waals surface area contributed by atoms with E-state index in [4.69, 9.17) is 22.8 Å². The number of hydrogen-bond donors (Lipinski definition) is 1. The number of halogens is 1. The van der Waals surface area contributed by atoms with Gasteiger partial charge in [0, 0.05) is 11.7 Å². The maximum absolute atomic E-state index is 12.1. The molecule has 0 aromatic carbocycles. The summed E-state index contributed by atoms with van der Waals surface area (Å²) in [6.07, 6.45) is 6.03. The summed E-state index contributed by atoms with van der Waals surface area (Å²) in [5.41, 5.74) is -0.187. The molecular weight excluding hydrogens is 266 g/mol. The van der Waals surface area contributed by atoms with Crippen LogP contribution in [0.15, 0.2) is 6.20 Å². The molecule has 0 radical (unpaired) electrons. The fraction of sp³-hybridized carbons (Fsp3) is 0.462. The number of terminal acetylenes is 1. The van der Waals surface area contributed by atoms with Crippen LogP contribution in [0, 0.1) is 12.3 Å². The molecule has 0 saturated carbocycles. The molecule has 1 N–H and O–H groups in total. The minimum absolute atomic E-state index is 0.00784. The molecule has 1 atom stereocenters.